The van der Waals surface area contributed by atoms with Crippen molar-refractivity contribution < 1.29 is 9.90 Å². The van der Waals surface area contributed by atoms with Crippen LogP contribution in [0.15, 0.2) is 28.7 Å². The van der Waals surface area contributed by atoms with Crippen molar-refractivity contribution in [1.29, 1.82) is 0 Å². The van der Waals surface area contributed by atoms with Crippen LogP contribution in [0.5, 0.6) is 0 Å². The Kier molecular flexibility index (Phi) is 5.82. The number of carboxylic acids is 1. The van der Waals surface area contributed by atoms with E-state index in [1.54, 1.807) is 0 Å². The third kappa shape index (κ3) is 5.19. The Morgan fingerprint density at radius 3 is 2.78 bits per heavy atom. The lowest BCUT2D eigenvalue weighted by atomic mass is 9.84. The number of hydrogen-bond donors (Lipinski definition) is 2. The van der Waals surface area contributed by atoms with Crippen molar-refractivity contribution in [2.45, 2.75) is 32.1 Å². The first-order valence-electron chi connectivity index (χ1n) is 6.10. The van der Waals surface area contributed by atoms with Crippen LogP contribution in [0.2, 0.25) is 0 Å². The molecule has 0 saturated carbocycles. The van der Waals surface area contributed by atoms with Crippen molar-refractivity contribution in [2.24, 2.45) is 0 Å². The molecule has 0 spiro atoms. The average Bonchev–Trinajstić information content (AvgIpc) is 2.28. The smallest absolute Gasteiger partial charge is 0.303 e. The number of carboxylic acid groups (broad SMARTS) is 1. The number of nitrogens with one attached hydrogen (secondary N) is 1. The van der Waals surface area contributed by atoms with Gasteiger partial charge in [0.15, 0.2) is 0 Å². The van der Waals surface area contributed by atoms with Crippen molar-refractivity contribution in [2.75, 3.05) is 13.1 Å². The van der Waals surface area contributed by atoms with Crippen LogP contribution in [0, 0.1) is 0 Å². The summed E-state index contributed by atoms with van der Waals surface area (Å²) in [5, 5.41) is 11.9. The molecule has 0 aliphatic heterocycles. The predicted octanol–water partition coefficient (Wildman–Crippen LogP) is 3.18. The highest BCUT2D eigenvalue weighted by Crippen LogP contribution is 2.24. The van der Waals surface area contributed by atoms with E-state index in [4.69, 9.17) is 5.11 Å². The standard InChI is InChI=1S/C14H20BrNO2/c1-14(2,10-16-8-4-7-13(17)18)11-5-3-6-12(15)9-11/h3,5-6,9,16H,4,7-8,10H2,1-2H3,(H,17,18). The molecule has 0 aromatic heterocycles. The van der Waals surface area contributed by atoms with Crippen molar-refractivity contribution in [3.05, 3.63) is 34.3 Å². The largest absolute Gasteiger partial charge is 0.481 e. The van der Waals surface area contributed by atoms with Crippen LogP contribution < -0.4 is 5.32 Å². The van der Waals surface area contributed by atoms with Gasteiger partial charge >= 0.3 is 5.97 Å². The summed E-state index contributed by atoms with van der Waals surface area (Å²) in [6, 6.07) is 8.29. The topological polar surface area (TPSA) is 49.3 Å². The summed E-state index contributed by atoms with van der Waals surface area (Å²) < 4.78 is 1.08. The van der Waals surface area contributed by atoms with Gasteiger partial charge in [-0.15, -0.1) is 0 Å². The van der Waals surface area contributed by atoms with Gasteiger partial charge in [0.05, 0.1) is 0 Å². The van der Waals surface area contributed by atoms with E-state index >= 15 is 0 Å². The van der Waals surface area contributed by atoms with E-state index in [0.717, 1.165) is 17.6 Å². The molecule has 0 aliphatic carbocycles. The van der Waals surface area contributed by atoms with Gasteiger partial charge in [-0.05, 0) is 30.7 Å². The Morgan fingerprint density at radius 2 is 2.17 bits per heavy atom. The van der Waals surface area contributed by atoms with Gasteiger partial charge in [-0.1, -0.05) is 41.9 Å². The highest BCUT2D eigenvalue weighted by molar-refractivity contribution is 9.10. The van der Waals surface area contributed by atoms with Gasteiger partial charge in [-0.2, -0.15) is 0 Å². The Bertz CT molecular complexity index is 405. The van der Waals surface area contributed by atoms with Crippen molar-refractivity contribution in [3.63, 3.8) is 0 Å². The van der Waals surface area contributed by atoms with Gasteiger partial charge in [0.2, 0.25) is 0 Å². The molecule has 0 amide bonds. The molecule has 0 bridgehead atoms. The van der Waals surface area contributed by atoms with E-state index in [-0.39, 0.29) is 11.8 Å². The maximum atomic E-state index is 10.4. The maximum Gasteiger partial charge on any atom is 0.303 e. The molecule has 0 heterocycles. The Labute approximate surface area is 117 Å². The molecule has 1 aromatic carbocycles. The molecular weight excluding hydrogens is 294 g/mol. The molecule has 0 atom stereocenters. The fourth-order valence-corrected chi connectivity index (χ4v) is 2.18. The number of halogens is 1. The first-order chi connectivity index (χ1) is 8.42. The highest BCUT2D eigenvalue weighted by Gasteiger charge is 2.19. The van der Waals surface area contributed by atoms with Crippen molar-refractivity contribution in [1.82, 2.24) is 5.32 Å². The third-order valence-corrected chi connectivity index (χ3v) is 3.41. The molecule has 1 rings (SSSR count). The van der Waals surface area contributed by atoms with E-state index in [2.05, 4.69) is 47.2 Å². The van der Waals surface area contributed by atoms with Gasteiger partial charge in [0.1, 0.15) is 0 Å². The number of benzene rings is 1. The lowest BCUT2D eigenvalue weighted by molar-refractivity contribution is -0.137. The highest BCUT2D eigenvalue weighted by atomic mass is 79.9. The predicted molar refractivity (Wildman–Crippen MR) is 76.9 cm³/mol. The molecule has 0 unspecified atom stereocenters. The molecule has 100 valence electrons. The summed E-state index contributed by atoms with van der Waals surface area (Å²) in [6.07, 6.45) is 0.897. The SMILES string of the molecule is CC(C)(CNCCCC(=O)O)c1cccc(Br)c1. The van der Waals surface area contributed by atoms with Crippen molar-refractivity contribution in [3.8, 4) is 0 Å². The molecule has 2 N–H and O–H groups in total. The van der Waals surface area contributed by atoms with Crippen LogP contribution in [0.3, 0.4) is 0 Å². The van der Waals surface area contributed by atoms with Crippen LogP contribution in [-0.2, 0) is 10.2 Å². The molecule has 0 saturated heterocycles. The monoisotopic (exact) mass is 313 g/mol. The molecule has 4 heteroatoms. The minimum Gasteiger partial charge on any atom is -0.481 e. The quantitative estimate of drug-likeness (QED) is 0.760. The molecule has 18 heavy (non-hydrogen) atoms. The summed E-state index contributed by atoms with van der Waals surface area (Å²) in [7, 11) is 0. The fraction of sp³-hybridized carbons (Fsp3) is 0.500. The average molecular weight is 314 g/mol. The Balaban J connectivity index is 2.42. The Hall–Kier alpha value is -0.870. The van der Waals surface area contributed by atoms with Gasteiger partial charge in [0, 0.05) is 22.9 Å². The second-order valence-corrected chi connectivity index (χ2v) is 5.98. The van der Waals surface area contributed by atoms with Crippen LogP contribution in [-0.4, -0.2) is 24.2 Å². The summed E-state index contributed by atoms with van der Waals surface area (Å²) in [4.78, 5) is 10.4. The van der Waals surface area contributed by atoms with Crippen LogP contribution in [0.4, 0.5) is 0 Å². The minimum absolute atomic E-state index is 0.0347. The maximum absolute atomic E-state index is 10.4. The first-order valence-corrected chi connectivity index (χ1v) is 6.90. The summed E-state index contributed by atoms with van der Waals surface area (Å²) in [5.41, 5.74) is 1.30. The second kappa shape index (κ2) is 6.90. The molecule has 3 nitrogen and oxygen atoms in total. The normalized spacial score (nSPS) is 11.5. The first kappa shape index (κ1) is 15.2. The zero-order valence-electron chi connectivity index (χ0n) is 10.9. The van der Waals surface area contributed by atoms with Gasteiger partial charge in [0.25, 0.3) is 0 Å². The number of carbonyl (C=O) groups is 1. The van der Waals surface area contributed by atoms with Gasteiger partial charge < -0.3 is 10.4 Å². The summed E-state index contributed by atoms with van der Waals surface area (Å²) >= 11 is 3.48. The third-order valence-electron chi connectivity index (χ3n) is 2.92. The molecule has 0 aliphatic rings. The van der Waals surface area contributed by atoms with Crippen LogP contribution >= 0.6 is 15.9 Å². The lowest BCUT2D eigenvalue weighted by Gasteiger charge is -2.26. The van der Waals surface area contributed by atoms with E-state index in [9.17, 15) is 4.79 Å². The van der Waals surface area contributed by atoms with E-state index in [1.165, 1.54) is 5.56 Å². The summed E-state index contributed by atoms with van der Waals surface area (Å²) in [6.45, 7) is 5.94. The van der Waals surface area contributed by atoms with Gasteiger partial charge in [-0.25, -0.2) is 0 Å². The molecule has 1 aromatic rings. The Morgan fingerprint density at radius 1 is 1.44 bits per heavy atom. The van der Waals surface area contributed by atoms with Crippen LogP contribution in [0.25, 0.3) is 0 Å². The molecule has 0 radical (unpaired) electrons. The number of aliphatic carboxylic acids is 1. The van der Waals surface area contributed by atoms with Crippen molar-refractivity contribution >= 4 is 21.9 Å². The zero-order valence-corrected chi connectivity index (χ0v) is 12.5. The zero-order chi connectivity index (χ0) is 13.6. The van der Waals surface area contributed by atoms with Gasteiger partial charge in [-0.3, -0.25) is 4.79 Å². The summed E-state index contributed by atoms with van der Waals surface area (Å²) in [5.74, 6) is -0.733. The lowest BCUT2D eigenvalue weighted by Crippen LogP contribution is -2.33. The molecular formula is C14H20BrNO2. The minimum atomic E-state index is -0.733. The second-order valence-electron chi connectivity index (χ2n) is 5.07. The molecule has 0 fully saturated rings. The van der Waals surface area contributed by atoms with E-state index in [0.29, 0.717) is 6.42 Å². The number of hydrogen-bond acceptors (Lipinski definition) is 2. The number of rotatable bonds is 7. The van der Waals surface area contributed by atoms with E-state index < -0.39 is 5.97 Å². The fourth-order valence-electron chi connectivity index (χ4n) is 1.78. The van der Waals surface area contributed by atoms with Crippen LogP contribution in [0.1, 0.15) is 32.3 Å². The van der Waals surface area contributed by atoms with E-state index in [1.807, 2.05) is 12.1 Å².